The van der Waals surface area contributed by atoms with Crippen molar-refractivity contribution >= 4 is 23.1 Å². The van der Waals surface area contributed by atoms with Crippen LogP contribution in [0.5, 0.6) is 5.75 Å². The topological polar surface area (TPSA) is 66.8 Å². The number of halogens is 2. The summed E-state index contributed by atoms with van der Waals surface area (Å²) in [6.07, 6.45) is 0. The summed E-state index contributed by atoms with van der Waals surface area (Å²) in [6, 6.07) is 12.9. The Morgan fingerprint density at radius 3 is 2.39 bits per heavy atom. The summed E-state index contributed by atoms with van der Waals surface area (Å²) in [7, 11) is 1.42. The molecule has 1 saturated heterocycles. The summed E-state index contributed by atoms with van der Waals surface area (Å²) < 4.78 is 34.3. The minimum absolute atomic E-state index is 0.00847. The minimum Gasteiger partial charge on any atom is -0.507 e. The molecule has 168 valence electrons. The number of methoxy groups -OCH3 is 1. The van der Waals surface area contributed by atoms with Gasteiger partial charge in [-0.1, -0.05) is 30.3 Å². The molecule has 33 heavy (non-hydrogen) atoms. The minimum atomic E-state index is -1.31. The van der Waals surface area contributed by atoms with Gasteiger partial charge in [-0.15, -0.1) is 0 Å². The zero-order valence-corrected chi connectivity index (χ0v) is 18.2. The van der Waals surface area contributed by atoms with Crippen molar-refractivity contribution in [2.24, 2.45) is 0 Å². The van der Waals surface area contributed by atoms with Crippen LogP contribution in [0.2, 0.25) is 0 Å². The maximum absolute atomic E-state index is 14.9. The second-order valence-corrected chi connectivity index (χ2v) is 7.83. The van der Waals surface area contributed by atoms with Crippen molar-refractivity contribution in [2.45, 2.75) is 19.9 Å². The van der Waals surface area contributed by atoms with Gasteiger partial charge in [0.1, 0.15) is 23.1 Å². The molecule has 0 radical (unpaired) electrons. The zero-order chi connectivity index (χ0) is 23.9. The predicted molar refractivity (Wildman–Crippen MR) is 120 cm³/mol. The number of ketones is 1. The van der Waals surface area contributed by atoms with Crippen molar-refractivity contribution in [3.8, 4) is 5.75 Å². The van der Waals surface area contributed by atoms with Gasteiger partial charge in [0.2, 0.25) is 0 Å². The van der Waals surface area contributed by atoms with E-state index in [1.54, 1.807) is 19.1 Å². The maximum Gasteiger partial charge on any atom is 0.300 e. The molecule has 1 amide bonds. The van der Waals surface area contributed by atoms with Gasteiger partial charge in [0.25, 0.3) is 11.7 Å². The van der Waals surface area contributed by atoms with E-state index in [1.807, 2.05) is 13.0 Å². The lowest BCUT2D eigenvalue weighted by Gasteiger charge is -2.26. The Hall–Kier alpha value is -4.00. The van der Waals surface area contributed by atoms with Gasteiger partial charge < -0.3 is 9.84 Å². The van der Waals surface area contributed by atoms with Crippen LogP contribution in [-0.4, -0.2) is 23.9 Å². The van der Waals surface area contributed by atoms with E-state index in [1.165, 1.54) is 43.5 Å². The van der Waals surface area contributed by atoms with Gasteiger partial charge in [-0.3, -0.25) is 14.5 Å². The van der Waals surface area contributed by atoms with Crippen LogP contribution in [-0.2, 0) is 9.59 Å². The van der Waals surface area contributed by atoms with Gasteiger partial charge in [0.05, 0.1) is 24.3 Å². The number of anilines is 1. The van der Waals surface area contributed by atoms with Gasteiger partial charge in [0, 0.05) is 11.3 Å². The van der Waals surface area contributed by atoms with E-state index in [0.717, 1.165) is 16.5 Å². The van der Waals surface area contributed by atoms with Crippen LogP contribution in [0.1, 0.15) is 28.3 Å². The van der Waals surface area contributed by atoms with Gasteiger partial charge in [0.15, 0.2) is 0 Å². The number of aryl methyl sites for hydroxylation is 2. The van der Waals surface area contributed by atoms with Crippen LogP contribution >= 0.6 is 0 Å². The molecule has 0 saturated carbocycles. The summed E-state index contributed by atoms with van der Waals surface area (Å²) in [4.78, 5) is 27.3. The standard InChI is InChI=1S/C26H21F2NO4/c1-14-11-15(2)25(33-3)19(12-14)23(30)21-22(18-9-4-5-10-20(18)28)29(26(32)24(21)31)17-8-6-7-16(27)13-17/h4-13,22,30H,1-3H3/b23-21+. The summed E-state index contributed by atoms with van der Waals surface area (Å²) in [5, 5.41) is 11.3. The normalized spacial score (nSPS) is 17.5. The number of aliphatic hydroxyl groups excluding tert-OH is 1. The first-order valence-electron chi connectivity index (χ1n) is 10.2. The van der Waals surface area contributed by atoms with Crippen molar-refractivity contribution in [3.05, 3.63) is 100 Å². The van der Waals surface area contributed by atoms with E-state index in [9.17, 15) is 23.5 Å². The van der Waals surface area contributed by atoms with E-state index in [0.29, 0.717) is 11.3 Å². The third-order valence-corrected chi connectivity index (χ3v) is 5.61. The number of hydrogen-bond acceptors (Lipinski definition) is 4. The zero-order valence-electron chi connectivity index (χ0n) is 18.2. The fourth-order valence-electron chi connectivity index (χ4n) is 4.26. The first-order valence-corrected chi connectivity index (χ1v) is 10.2. The average Bonchev–Trinajstić information content (AvgIpc) is 3.03. The van der Waals surface area contributed by atoms with Gasteiger partial charge >= 0.3 is 0 Å². The number of nitrogens with zero attached hydrogens (tertiary/aromatic N) is 1. The smallest absolute Gasteiger partial charge is 0.300 e. The number of aliphatic hydroxyl groups is 1. The Labute approximate surface area is 189 Å². The fourth-order valence-corrected chi connectivity index (χ4v) is 4.26. The van der Waals surface area contributed by atoms with Crippen LogP contribution in [0.25, 0.3) is 5.76 Å². The summed E-state index contributed by atoms with van der Waals surface area (Å²) >= 11 is 0. The Balaban J connectivity index is 2.04. The molecule has 1 fully saturated rings. The highest BCUT2D eigenvalue weighted by molar-refractivity contribution is 6.51. The largest absolute Gasteiger partial charge is 0.507 e. The average molecular weight is 449 g/mol. The van der Waals surface area contributed by atoms with E-state index in [4.69, 9.17) is 4.74 Å². The summed E-state index contributed by atoms with van der Waals surface area (Å²) in [5.41, 5.74) is 1.45. The molecule has 1 aliphatic heterocycles. The van der Waals surface area contributed by atoms with E-state index in [2.05, 4.69) is 0 Å². The molecular formula is C26H21F2NO4. The Morgan fingerprint density at radius 2 is 1.73 bits per heavy atom. The summed E-state index contributed by atoms with van der Waals surface area (Å²) in [5.74, 6) is -3.49. The van der Waals surface area contributed by atoms with Gasteiger partial charge in [-0.05, 0) is 55.3 Å². The predicted octanol–water partition coefficient (Wildman–Crippen LogP) is 5.22. The van der Waals surface area contributed by atoms with E-state index in [-0.39, 0.29) is 22.4 Å². The van der Waals surface area contributed by atoms with Gasteiger partial charge in [-0.2, -0.15) is 0 Å². The highest BCUT2D eigenvalue weighted by Crippen LogP contribution is 2.44. The van der Waals surface area contributed by atoms with Crippen molar-refractivity contribution < 1.29 is 28.2 Å². The SMILES string of the molecule is COc1c(C)cc(C)cc1/C(O)=C1\C(=O)C(=O)N(c2cccc(F)c2)C1c1ccccc1F. The molecule has 1 N–H and O–H groups in total. The monoisotopic (exact) mass is 449 g/mol. The lowest BCUT2D eigenvalue weighted by Crippen LogP contribution is -2.30. The molecule has 3 aromatic rings. The Bertz CT molecular complexity index is 1320. The number of amides is 1. The number of Topliss-reactive ketones (excluding diaryl/α,β-unsaturated/α-hetero) is 1. The molecule has 4 rings (SSSR count). The maximum atomic E-state index is 14.9. The Morgan fingerprint density at radius 1 is 1.00 bits per heavy atom. The Kier molecular flexibility index (Phi) is 5.72. The second-order valence-electron chi connectivity index (χ2n) is 7.83. The highest BCUT2D eigenvalue weighted by Gasteiger charge is 2.48. The lowest BCUT2D eigenvalue weighted by molar-refractivity contribution is -0.132. The second kappa shape index (κ2) is 8.50. The molecule has 1 heterocycles. The van der Waals surface area contributed by atoms with Crippen LogP contribution in [0.3, 0.4) is 0 Å². The summed E-state index contributed by atoms with van der Waals surface area (Å²) in [6.45, 7) is 3.59. The molecule has 0 spiro atoms. The number of carbonyl (C=O) groups excluding carboxylic acids is 2. The number of hydrogen-bond donors (Lipinski definition) is 1. The molecular weight excluding hydrogens is 428 g/mol. The van der Waals surface area contributed by atoms with E-state index >= 15 is 0 Å². The first kappa shape index (κ1) is 22.2. The van der Waals surface area contributed by atoms with Crippen molar-refractivity contribution in [1.82, 2.24) is 0 Å². The van der Waals surface area contributed by atoms with Crippen LogP contribution in [0.4, 0.5) is 14.5 Å². The van der Waals surface area contributed by atoms with Crippen LogP contribution < -0.4 is 9.64 Å². The number of ether oxygens (including phenoxy) is 1. The van der Waals surface area contributed by atoms with E-state index < -0.39 is 35.1 Å². The van der Waals surface area contributed by atoms with Crippen LogP contribution in [0, 0.1) is 25.5 Å². The molecule has 0 aromatic heterocycles. The third-order valence-electron chi connectivity index (χ3n) is 5.61. The molecule has 5 nitrogen and oxygen atoms in total. The fraction of sp³-hybridized carbons (Fsp3) is 0.154. The molecule has 1 unspecified atom stereocenters. The number of benzene rings is 3. The molecule has 1 atom stereocenters. The van der Waals surface area contributed by atoms with Gasteiger partial charge in [-0.25, -0.2) is 8.78 Å². The number of rotatable bonds is 4. The van der Waals surface area contributed by atoms with Crippen molar-refractivity contribution in [1.29, 1.82) is 0 Å². The van der Waals surface area contributed by atoms with Crippen molar-refractivity contribution in [3.63, 3.8) is 0 Å². The molecule has 0 aliphatic carbocycles. The molecule has 3 aromatic carbocycles. The highest BCUT2D eigenvalue weighted by atomic mass is 19.1. The molecule has 0 bridgehead atoms. The number of carbonyl (C=O) groups is 2. The third kappa shape index (κ3) is 3.75. The quantitative estimate of drug-likeness (QED) is 0.337. The van der Waals surface area contributed by atoms with Crippen molar-refractivity contribution in [2.75, 3.05) is 12.0 Å². The first-order chi connectivity index (χ1) is 15.7. The molecule has 1 aliphatic rings. The van der Waals surface area contributed by atoms with Crippen LogP contribution in [0.15, 0.2) is 66.2 Å². The molecule has 7 heteroatoms. The lowest BCUT2D eigenvalue weighted by atomic mass is 9.93.